The summed E-state index contributed by atoms with van der Waals surface area (Å²) in [5, 5.41) is 4.91. The molecule has 2 N–H and O–H groups in total. The van der Waals surface area contributed by atoms with Gasteiger partial charge in [-0.1, -0.05) is 30.4 Å². The SMILES string of the molecule is O=C(Nc1cccc(-c2cccs2)c1)c1ccc[nH]c1=S. The lowest BCUT2D eigenvalue weighted by Crippen LogP contribution is -2.12. The molecule has 3 rings (SSSR count). The Balaban J connectivity index is 1.86. The third kappa shape index (κ3) is 3.09. The molecule has 3 aromatic rings. The van der Waals surface area contributed by atoms with Crippen LogP contribution in [0.3, 0.4) is 0 Å². The Morgan fingerprint density at radius 2 is 2.05 bits per heavy atom. The molecule has 0 radical (unpaired) electrons. The van der Waals surface area contributed by atoms with Crippen molar-refractivity contribution < 1.29 is 4.79 Å². The molecule has 0 unspecified atom stereocenters. The highest BCUT2D eigenvalue weighted by molar-refractivity contribution is 7.71. The second kappa shape index (κ2) is 6.03. The molecular formula is C16H12N2OS2. The van der Waals surface area contributed by atoms with E-state index in [0.29, 0.717) is 10.2 Å². The highest BCUT2D eigenvalue weighted by atomic mass is 32.1. The highest BCUT2D eigenvalue weighted by Crippen LogP contribution is 2.26. The summed E-state index contributed by atoms with van der Waals surface area (Å²) < 4.78 is 0.435. The summed E-state index contributed by atoms with van der Waals surface area (Å²) in [6.07, 6.45) is 1.70. The zero-order chi connectivity index (χ0) is 14.7. The largest absolute Gasteiger partial charge is 0.352 e. The van der Waals surface area contributed by atoms with Crippen LogP contribution in [0.4, 0.5) is 5.69 Å². The van der Waals surface area contributed by atoms with E-state index in [9.17, 15) is 4.79 Å². The molecule has 0 spiro atoms. The van der Waals surface area contributed by atoms with Crippen molar-refractivity contribution in [3.05, 3.63) is 70.3 Å². The number of aromatic amines is 1. The van der Waals surface area contributed by atoms with E-state index in [1.165, 1.54) is 4.88 Å². The van der Waals surface area contributed by atoms with E-state index in [1.54, 1.807) is 29.7 Å². The molecule has 0 aliphatic heterocycles. The van der Waals surface area contributed by atoms with E-state index in [1.807, 2.05) is 35.7 Å². The molecule has 1 aromatic carbocycles. The monoisotopic (exact) mass is 312 g/mol. The van der Waals surface area contributed by atoms with Crippen molar-refractivity contribution in [1.29, 1.82) is 0 Å². The van der Waals surface area contributed by atoms with Gasteiger partial charge in [0.05, 0.1) is 5.56 Å². The minimum absolute atomic E-state index is 0.208. The van der Waals surface area contributed by atoms with Crippen LogP contribution in [0, 0.1) is 4.64 Å². The summed E-state index contributed by atoms with van der Waals surface area (Å²) >= 11 is 6.79. The first-order valence-electron chi connectivity index (χ1n) is 6.37. The number of H-pyrrole nitrogens is 1. The number of benzene rings is 1. The van der Waals surface area contributed by atoms with Crippen LogP contribution in [-0.4, -0.2) is 10.9 Å². The number of nitrogens with one attached hydrogen (secondary N) is 2. The van der Waals surface area contributed by atoms with Crippen LogP contribution in [0.5, 0.6) is 0 Å². The van der Waals surface area contributed by atoms with Crippen molar-refractivity contribution in [3.8, 4) is 10.4 Å². The Morgan fingerprint density at radius 1 is 1.14 bits per heavy atom. The molecule has 0 atom stereocenters. The zero-order valence-corrected chi connectivity index (χ0v) is 12.6. The summed E-state index contributed by atoms with van der Waals surface area (Å²) in [5.74, 6) is -0.208. The molecular weight excluding hydrogens is 300 g/mol. The molecule has 0 fully saturated rings. The van der Waals surface area contributed by atoms with E-state index in [0.717, 1.165) is 11.3 Å². The van der Waals surface area contributed by atoms with Gasteiger partial charge in [0.1, 0.15) is 4.64 Å². The van der Waals surface area contributed by atoms with E-state index in [4.69, 9.17) is 12.2 Å². The number of amides is 1. The Bertz CT molecular complexity index is 822. The summed E-state index contributed by atoms with van der Waals surface area (Å²) in [6, 6.07) is 15.3. The van der Waals surface area contributed by atoms with Gasteiger partial charge in [-0.25, -0.2) is 0 Å². The van der Waals surface area contributed by atoms with E-state index in [-0.39, 0.29) is 5.91 Å². The van der Waals surface area contributed by atoms with Gasteiger partial charge in [0.15, 0.2) is 0 Å². The molecule has 0 saturated carbocycles. The first-order valence-corrected chi connectivity index (χ1v) is 7.66. The molecule has 0 aliphatic carbocycles. The van der Waals surface area contributed by atoms with Gasteiger partial charge in [0.25, 0.3) is 5.91 Å². The number of carbonyl (C=O) groups excluding carboxylic acids is 1. The first kappa shape index (κ1) is 13.7. The molecule has 5 heteroatoms. The third-order valence-electron chi connectivity index (χ3n) is 2.99. The molecule has 104 valence electrons. The van der Waals surface area contributed by atoms with E-state index < -0.39 is 0 Å². The minimum atomic E-state index is -0.208. The molecule has 2 heterocycles. The summed E-state index contributed by atoms with van der Waals surface area (Å²) in [4.78, 5) is 16.3. The maximum absolute atomic E-state index is 12.2. The van der Waals surface area contributed by atoms with Crippen molar-refractivity contribution in [2.24, 2.45) is 0 Å². The summed E-state index contributed by atoms with van der Waals surface area (Å²) in [7, 11) is 0. The van der Waals surface area contributed by atoms with Gasteiger partial charge < -0.3 is 10.3 Å². The van der Waals surface area contributed by atoms with Gasteiger partial charge in [0, 0.05) is 16.8 Å². The molecule has 21 heavy (non-hydrogen) atoms. The normalized spacial score (nSPS) is 10.3. The number of carbonyl (C=O) groups is 1. The summed E-state index contributed by atoms with van der Waals surface area (Å²) in [6.45, 7) is 0. The fraction of sp³-hybridized carbons (Fsp3) is 0. The predicted octanol–water partition coefficient (Wildman–Crippen LogP) is 4.72. The van der Waals surface area contributed by atoms with Crippen LogP contribution < -0.4 is 5.32 Å². The standard InChI is InChI=1S/C16H12N2OS2/c19-15(13-6-2-8-17-16(13)20)18-12-5-1-4-11(10-12)14-7-3-9-21-14/h1-10H,(H,17,20)(H,18,19). The smallest absolute Gasteiger partial charge is 0.258 e. The average Bonchev–Trinajstić information content (AvgIpc) is 3.02. The van der Waals surface area contributed by atoms with E-state index >= 15 is 0 Å². The van der Waals surface area contributed by atoms with Crippen LogP contribution >= 0.6 is 23.6 Å². The molecule has 2 aromatic heterocycles. The molecule has 0 saturated heterocycles. The number of anilines is 1. The van der Waals surface area contributed by atoms with Crippen molar-refractivity contribution in [2.75, 3.05) is 5.32 Å². The van der Waals surface area contributed by atoms with Crippen molar-refractivity contribution in [3.63, 3.8) is 0 Å². The van der Waals surface area contributed by atoms with E-state index in [2.05, 4.69) is 16.4 Å². The Morgan fingerprint density at radius 3 is 2.81 bits per heavy atom. The van der Waals surface area contributed by atoms with Gasteiger partial charge in [-0.3, -0.25) is 4.79 Å². The first-order chi connectivity index (χ1) is 10.2. The lowest BCUT2D eigenvalue weighted by atomic mass is 10.1. The van der Waals surface area contributed by atoms with Gasteiger partial charge in [-0.05, 0) is 41.3 Å². The van der Waals surface area contributed by atoms with Crippen LogP contribution in [0.25, 0.3) is 10.4 Å². The fourth-order valence-corrected chi connectivity index (χ4v) is 2.94. The summed E-state index contributed by atoms with van der Waals surface area (Å²) in [5.41, 5.74) is 2.30. The number of pyridine rings is 1. The molecule has 3 nitrogen and oxygen atoms in total. The number of rotatable bonds is 3. The van der Waals surface area contributed by atoms with Gasteiger partial charge in [-0.2, -0.15) is 0 Å². The molecule has 0 aliphatic rings. The van der Waals surface area contributed by atoms with Crippen LogP contribution in [0.2, 0.25) is 0 Å². The minimum Gasteiger partial charge on any atom is -0.352 e. The quantitative estimate of drug-likeness (QED) is 0.687. The van der Waals surface area contributed by atoms with Crippen molar-refractivity contribution in [2.45, 2.75) is 0 Å². The second-order valence-electron chi connectivity index (χ2n) is 4.43. The van der Waals surface area contributed by atoms with Gasteiger partial charge in [0.2, 0.25) is 0 Å². The van der Waals surface area contributed by atoms with Crippen LogP contribution in [0.1, 0.15) is 10.4 Å². The number of hydrogen-bond donors (Lipinski definition) is 2. The van der Waals surface area contributed by atoms with Crippen molar-refractivity contribution in [1.82, 2.24) is 4.98 Å². The number of hydrogen-bond acceptors (Lipinski definition) is 3. The second-order valence-corrected chi connectivity index (χ2v) is 5.78. The fourth-order valence-electron chi connectivity index (χ4n) is 1.99. The Kier molecular flexibility index (Phi) is 3.94. The third-order valence-corrected chi connectivity index (χ3v) is 4.25. The zero-order valence-electron chi connectivity index (χ0n) is 11.0. The van der Waals surface area contributed by atoms with Crippen molar-refractivity contribution >= 4 is 35.1 Å². The molecule has 0 bridgehead atoms. The lowest BCUT2D eigenvalue weighted by Gasteiger charge is -2.07. The maximum Gasteiger partial charge on any atom is 0.258 e. The highest BCUT2D eigenvalue weighted by Gasteiger charge is 2.08. The number of aromatic nitrogens is 1. The average molecular weight is 312 g/mol. The lowest BCUT2D eigenvalue weighted by molar-refractivity contribution is 0.102. The van der Waals surface area contributed by atoms with Gasteiger partial charge in [-0.15, -0.1) is 11.3 Å². The number of thiophene rings is 1. The van der Waals surface area contributed by atoms with Gasteiger partial charge >= 0.3 is 0 Å². The van der Waals surface area contributed by atoms with Crippen LogP contribution in [-0.2, 0) is 0 Å². The Labute approximate surface area is 131 Å². The molecule has 1 amide bonds. The maximum atomic E-state index is 12.2. The van der Waals surface area contributed by atoms with Crippen LogP contribution in [0.15, 0.2) is 60.1 Å². The topological polar surface area (TPSA) is 44.9 Å². The predicted molar refractivity (Wildman–Crippen MR) is 89.3 cm³/mol. The Hall–Kier alpha value is -2.24.